The standard InChI is InChI=1S/C14H17N3O5S/c1-10(2)17-13(18)9-22-14(19)8-16-23(20,21)12-6-4-3-5-11(12)7-15/h3-6,10,16H,8-9H2,1-2H3,(H,17,18). The maximum absolute atomic E-state index is 12.1. The highest BCUT2D eigenvalue weighted by molar-refractivity contribution is 7.89. The van der Waals surface area contributed by atoms with Crippen molar-refractivity contribution in [3.8, 4) is 6.07 Å². The Morgan fingerprint density at radius 1 is 1.30 bits per heavy atom. The maximum atomic E-state index is 12.1. The number of sulfonamides is 1. The van der Waals surface area contributed by atoms with E-state index in [1.54, 1.807) is 19.9 Å². The van der Waals surface area contributed by atoms with Crippen molar-refractivity contribution in [1.82, 2.24) is 10.0 Å². The molecule has 0 saturated carbocycles. The number of benzene rings is 1. The van der Waals surface area contributed by atoms with Crippen LogP contribution >= 0.6 is 0 Å². The number of ether oxygens (including phenoxy) is 1. The quantitative estimate of drug-likeness (QED) is 0.669. The summed E-state index contributed by atoms with van der Waals surface area (Å²) in [6.45, 7) is 2.37. The molecule has 0 fully saturated rings. The summed E-state index contributed by atoms with van der Waals surface area (Å²) in [5.41, 5.74) is -0.0373. The van der Waals surface area contributed by atoms with Crippen LogP contribution in [0.3, 0.4) is 0 Å². The molecule has 2 N–H and O–H groups in total. The lowest BCUT2D eigenvalue weighted by atomic mass is 10.2. The number of hydrogen-bond donors (Lipinski definition) is 2. The Hall–Kier alpha value is -2.44. The van der Waals surface area contributed by atoms with Gasteiger partial charge in [-0.1, -0.05) is 12.1 Å². The number of rotatable bonds is 7. The van der Waals surface area contributed by atoms with Gasteiger partial charge in [0.25, 0.3) is 5.91 Å². The second-order valence-electron chi connectivity index (χ2n) is 4.82. The molecule has 124 valence electrons. The summed E-state index contributed by atoms with van der Waals surface area (Å²) in [7, 11) is -4.03. The lowest BCUT2D eigenvalue weighted by Crippen LogP contribution is -2.36. The molecule has 23 heavy (non-hydrogen) atoms. The number of amides is 1. The van der Waals surface area contributed by atoms with Crippen molar-refractivity contribution < 1.29 is 22.7 Å². The lowest BCUT2D eigenvalue weighted by molar-refractivity contribution is -0.147. The molecule has 8 nitrogen and oxygen atoms in total. The van der Waals surface area contributed by atoms with E-state index in [2.05, 4.69) is 10.1 Å². The van der Waals surface area contributed by atoms with Gasteiger partial charge in [0.2, 0.25) is 10.0 Å². The first kappa shape index (κ1) is 18.6. The van der Waals surface area contributed by atoms with Gasteiger partial charge in [-0.05, 0) is 26.0 Å². The third-order valence-corrected chi connectivity index (χ3v) is 3.98. The van der Waals surface area contributed by atoms with E-state index in [1.165, 1.54) is 24.3 Å². The number of esters is 1. The molecule has 0 unspecified atom stereocenters. The van der Waals surface area contributed by atoms with Crippen molar-refractivity contribution in [1.29, 1.82) is 5.26 Å². The molecular weight excluding hydrogens is 322 g/mol. The zero-order valence-electron chi connectivity index (χ0n) is 12.7. The van der Waals surface area contributed by atoms with Crippen molar-refractivity contribution in [2.75, 3.05) is 13.2 Å². The molecule has 0 atom stereocenters. The van der Waals surface area contributed by atoms with Crippen molar-refractivity contribution >= 4 is 21.9 Å². The fraction of sp³-hybridized carbons (Fsp3) is 0.357. The van der Waals surface area contributed by atoms with Crippen LogP contribution in [-0.4, -0.2) is 39.5 Å². The summed E-state index contributed by atoms with van der Waals surface area (Å²) in [5, 5.41) is 11.4. The third kappa shape index (κ3) is 6.06. The monoisotopic (exact) mass is 339 g/mol. The molecule has 1 aromatic carbocycles. The summed E-state index contributed by atoms with van der Waals surface area (Å²) in [5.74, 6) is -1.38. The fourth-order valence-corrected chi connectivity index (χ4v) is 2.71. The van der Waals surface area contributed by atoms with E-state index in [1.807, 2.05) is 4.72 Å². The number of nitriles is 1. The van der Waals surface area contributed by atoms with Crippen molar-refractivity contribution in [3.05, 3.63) is 29.8 Å². The second-order valence-corrected chi connectivity index (χ2v) is 6.55. The molecule has 9 heteroatoms. The SMILES string of the molecule is CC(C)NC(=O)COC(=O)CNS(=O)(=O)c1ccccc1C#N. The Bertz CT molecular complexity index is 722. The molecule has 0 aromatic heterocycles. The van der Waals surface area contributed by atoms with Crippen molar-refractivity contribution in [3.63, 3.8) is 0 Å². The Morgan fingerprint density at radius 3 is 2.57 bits per heavy atom. The van der Waals surface area contributed by atoms with E-state index in [9.17, 15) is 18.0 Å². The maximum Gasteiger partial charge on any atom is 0.321 e. The number of carbonyl (C=O) groups is 2. The number of carbonyl (C=O) groups excluding carboxylic acids is 2. The molecule has 0 radical (unpaired) electrons. The topological polar surface area (TPSA) is 125 Å². The van der Waals surface area contributed by atoms with Crippen molar-refractivity contribution in [2.24, 2.45) is 0 Å². The average molecular weight is 339 g/mol. The zero-order chi connectivity index (χ0) is 17.5. The highest BCUT2D eigenvalue weighted by Gasteiger charge is 2.19. The van der Waals surface area contributed by atoms with Gasteiger partial charge in [0, 0.05) is 6.04 Å². The first-order chi connectivity index (χ1) is 10.8. The second kappa shape index (κ2) is 8.26. The van der Waals surface area contributed by atoms with Gasteiger partial charge < -0.3 is 10.1 Å². The minimum Gasteiger partial charge on any atom is -0.455 e. The predicted octanol–water partition coefficient (Wildman–Crippen LogP) is -0.0956. The highest BCUT2D eigenvalue weighted by atomic mass is 32.2. The van der Waals surface area contributed by atoms with Crippen LogP contribution < -0.4 is 10.0 Å². The minimum atomic E-state index is -4.03. The van der Waals surface area contributed by atoms with Crippen LogP contribution in [0.25, 0.3) is 0 Å². The van der Waals surface area contributed by atoms with Gasteiger partial charge in [0.1, 0.15) is 12.6 Å². The van der Waals surface area contributed by atoms with Gasteiger partial charge in [0.15, 0.2) is 6.61 Å². The van der Waals surface area contributed by atoms with Crippen LogP contribution in [0, 0.1) is 11.3 Å². The summed E-state index contributed by atoms with van der Waals surface area (Å²) >= 11 is 0. The normalized spacial score (nSPS) is 10.9. The molecule has 1 aromatic rings. The molecule has 0 bridgehead atoms. The number of nitrogens with one attached hydrogen (secondary N) is 2. The van der Waals surface area contributed by atoms with Gasteiger partial charge in [-0.2, -0.15) is 9.98 Å². The molecule has 0 saturated heterocycles. The van der Waals surface area contributed by atoms with Crippen molar-refractivity contribution in [2.45, 2.75) is 24.8 Å². The predicted molar refractivity (Wildman–Crippen MR) is 80.6 cm³/mol. The smallest absolute Gasteiger partial charge is 0.321 e. The molecule has 1 rings (SSSR count). The Morgan fingerprint density at radius 2 is 1.96 bits per heavy atom. The first-order valence-electron chi connectivity index (χ1n) is 6.70. The Kier molecular flexibility index (Phi) is 6.68. The van der Waals surface area contributed by atoms with Crippen LogP contribution in [0.5, 0.6) is 0 Å². The molecule has 0 heterocycles. The zero-order valence-corrected chi connectivity index (χ0v) is 13.5. The van der Waals surface area contributed by atoms with Gasteiger partial charge in [0.05, 0.1) is 10.5 Å². The van der Waals surface area contributed by atoms with Gasteiger partial charge in [-0.25, -0.2) is 8.42 Å². The summed E-state index contributed by atoms with van der Waals surface area (Å²) < 4.78 is 30.8. The molecular formula is C14H17N3O5S. The van der Waals surface area contributed by atoms with Crippen LogP contribution in [0.1, 0.15) is 19.4 Å². The summed E-state index contributed by atoms with van der Waals surface area (Å²) in [4.78, 5) is 22.5. The van der Waals surface area contributed by atoms with Gasteiger partial charge in [-0.15, -0.1) is 0 Å². The Balaban J connectivity index is 2.58. The lowest BCUT2D eigenvalue weighted by Gasteiger charge is -2.10. The Labute approximate surface area is 134 Å². The highest BCUT2D eigenvalue weighted by Crippen LogP contribution is 2.13. The fourth-order valence-electron chi connectivity index (χ4n) is 1.59. The van der Waals surface area contributed by atoms with Crippen LogP contribution in [0.15, 0.2) is 29.2 Å². The van der Waals surface area contributed by atoms with Gasteiger partial charge >= 0.3 is 5.97 Å². The third-order valence-electron chi connectivity index (χ3n) is 2.52. The summed E-state index contributed by atoms with van der Waals surface area (Å²) in [6.07, 6.45) is 0. The largest absolute Gasteiger partial charge is 0.455 e. The molecule has 0 aliphatic carbocycles. The molecule has 0 spiro atoms. The van der Waals surface area contributed by atoms with E-state index < -0.39 is 35.1 Å². The van der Waals surface area contributed by atoms with E-state index >= 15 is 0 Å². The van der Waals surface area contributed by atoms with E-state index in [-0.39, 0.29) is 16.5 Å². The molecule has 0 aliphatic heterocycles. The van der Waals surface area contributed by atoms with Crippen LogP contribution in [0.2, 0.25) is 0 Å². The van der Waals surface area contributed by atoms with Crippen LogP contribution in [0.4, 0.5) is 0 Å². The molecule has 1 amide bonds. The van der Waals surface area contributed by atoms with Crippen LogP contribution in [-0.2, 0) is 24.3 Å². The number of nitrogens with zero attached hydrogens (tertiary/aromatic N) is 1. The van der Waals surface area contributed by atoms with E-state index in [4.69, 9.17) is 5.26 Å². The van der Waals surface area contributed by atoms with E-state index in [0.717, 1.165) is 0 Å². The number of hydrogen-bond acceptors (Lipinski definition) is 6. The van der Waals surface area contributed by atoms with Gasteiger partial charge in [-0.3, -0.25) is 9.59 Å². The average Bonchev–Trinajstić information content (AvgIpc) is 2.50. The molecule has 0 aliphatic rings. The van der Waals surface area contributed by atoms with E-state index in [0.29, 0.717) is 0 Å². The first-order valence-corrected chi connectivity index (χ1v) is 8.18. The minimum absolute atomic E-state index is 0.0373. The summed E-state index contributed by atoms with van der Waals surface area (Å²) in [6, 6.07) is 7.26.